The molecule has 10 heteroatoms. The van der Waals surface area contributed by atoms with Gasteiger partial charge in [-0.05, 0) is 69.6 Å². The summed E-state index contributed by atoms with van der Waals surface area (Å²) in [6, 6.07) is 14.1. The largest absolute Gasteiger partial charge is 0.497 e. The summed E-state index contributed by atoms with van der Waals surface area (Å²) in [6.45, 7) is 2.07. The van der Waals surface area contributed by atoms with Crippen molar-refractivity contribution in [2.75, 3.05) is 26.5 Å². The molecule has 0 saturated heterocycles. The van der Waals surface area contributed by atoms with Crippen LogP contribution in [0.3, 0.4) is 0 Å². The van der Waals surface area contributed by atoms with Crippen molar-refractivity contribution in [1.82, 2.24) is 24.6 Å². The topological polar surface area (TPSA) is 68.1 Å². The molecule has 0 spiro atoms. The van der Waals surface area contributed by atoms with E-state index in [-0.39, 0.29) is 11.9 Å². The Morgan fingerprint density at radius 3 is 2.52 bits per heavy atom. The van der Waals surface area contributed by atoms with Gasteiger partial charge in [0.1, 0.15) is 11.6 Å². The highest BCUT2D eigenvalue weighted by Crippen LogP contribution is 2.30. The number of aromatic nitrogens is 4. The fourth-order valence-electron chi connectivity index (χ4n) is 3.08. The van der Waals surface area contributed by atoms with Crippen LogP contribution in [0.2, 0.25) is 0 Å². The highest BCUT2D eigenvalue weighted by Gasteiger charge is 2.21. The number of thiazole rings is 1. The Bertz CT molecular complexity index is 1190. The highest BCUT2D eigenvalue weighted by atomic mass is 32.2. The predicted molar refractivity (Wildman–Crippen MR) is 131 cm³/mol. The molecule has 33 heavy (non-hydrogen) atoms. The highest BCUT2D eigenvalue weighted by molar-refractivity contribution is 7.98. The molecule has 0 fully saturated rings. The monoisotopic (exact) mass is 484 g/mol. The maximum atomic E-state index is 13.5. The summed E-state index contributed by atoms with van der Waals surface area (Å²) in [7, 11) is 5.63. The number of anilines is 2. The molecule has 0 aliphatic carbocycles. The van der Waals surface area contributed by atoms with Gasteiger partial charge in [0.05, 0.1) is 18.8 Å². The van der Waals surface area contributed by atoms with Gasteiger partial charge in [-0.3, -0.25) is 9.47 Å². The van der Waals surface area contributed by atoms with Crippen LogP contribution >= 0.6 is 23.1 Å². The van der Waals surface area contributed by atoms with Crippen molar-refractivity contribution in [2.45, 2.75) is 23.9 Å². The van der Waals surface area contributed by atoms with E-state index in [0.717, 1.165) is 38.9 Å². The predicted octanol–water partition coefficient (Wildman–Crippen LogP) is 5.53. The third kappa shape index (κ3) is 5.52. The van der Waals surface area contributed by atoms with Crippen molar-refractivity contribution < 1.29 is 9.13 Å². The van der Waals surface area contributed by atoms with E-state index < -0.39 is 0 Å². The number of benzene rings is 2. The zero-order valence-electron chi connectivity index (χ0n) is 18.8. The van der Waals surface area contributed by atoms with Crippen molar-refractivity contribution in [2.24, 2.45) is 0 Å². The van der Waals surface area contributed by atoms with E-state index in [9.17, 15) is 4.39 Å². The van der Waals surface area contributed by atoms with Crippen molar-refractivity contribution in [3.63, 3.8) is 0 Å². The van der Waals surface area contributed by atoms with E-state index in [1.807, 2.05) is 48.3 Å². The minimum Gasteiger partial charge on any atom is -0.497 e. The molecule has 0 amide bonds. The van der Waals surface area contributed by atoms with Crippen LogP contribution in [-0.2, 0) is 5.75 Å². The summed E-state index contributed by atoms with van der Waals surface area (Å²) in [5, 5.41) is 15.8. The number of rotatable bonds is 9. The van der Waals surface area contributed by atoms with Crippen molar-refractivity contribution in [1.29, 1.82) is 0 Å². The number of ether oxygens (including phenoxy) is 1. The third-order valence-electron chi connectivity index (χ3n) is 5.13. The Labute approximate surface area is 200 Å². The fraction of sp³-hybridized carbons (Fsp3) is 0.261. The van der Waals surface area contributed by atoms with Crippen LogP contribution in [0.15, 0.2) is 59.1 Å². The van der Waals surface area contributed by atoms with Crippen LogP contribution in [-0.4, -0.2) is 45.9 Å². The number of thioether (sulfide) groups is 1. The lowest BCUT2D eigenvalue weighted by Gasteiger charge is -2.20. The van der Waals surface area contributed by atoms with Gasteiger partial charge in [-0.15, -0.1) is 21.5 Å². The lowest BCUT2D eigenvalue weighted by Crippen LogP contribution is -2.20. The quantitative estimate of drug-likeness (QED) is 0.313. The maximum absolute atomic E-state index is 13.5. The lowest BCUT2D eigenvalue weighted by atomic mass is 10.2. The average Bonchev–Trinajstić information content (AvgIpc) is 3.45. The van der Waals surface area contributed by atoms with E-state index in [0.29, 0.717) is 5.75 Å². The molecule has 1 atom stereocenters. The average molecular weight is 485 g/mol. The summed E-state index contributed by atoms with van der Waals surface area (Å²) >= 11 is 3.10. The first-order valence-electron chi connectivity index (χ1n) is 10.3. The second-order valence-electron chi connectivity index (χ2n) is 7.58. The second kappa shape index (κ2) is 10.3. The smallest absolute Gasteiger partial charge is 0.196 e. The van der Waals surface area contributed by atoms with Crippen LogP contribution in [0.1, 0.15) is 24.5 Å². The molecule has 0 bridgehead atoms. The number of hydrogen-bond donors (Lipinski definition) is 1. The summed E-state index contributed by atoms with van der Waals surface area (Å²) in [5.41, 5.74) is 2.72. The maximum Gasteiger partial charge on any atom is 0.196 e. The van der Waals surface area contributed by atoms with Gasteiger partial charge in [0.25, 0.3) is 0 Å². The van der Waals surface area contributed by atoms with Crippen molar-refractivity contribution in [3.05, 3.63) is 71.2 Å². The first kappa shape index (κ1) is 23.2. The molecule has 0 saturated carbocycles. The van der Waals surface area contributed by atoms with E-state index in [2.05, 4.69) is 32.3 Å². The van der Waals surface area contributed by atoms with Crippen LogP contribution in [0.25, 0.3) is 5.69 Å². The molecule has 172 valence electrons. The Kier molecular flexibility index (Phi) is 7.26. The molecule has 2 aromatic carbocycles. The zero-order chi connectivity index (χ0) is 23.4. The Hall–Kier alpha value is -2.95. The lowest BCUT2D eigenvalue weighted by molar-refractivity contribution is 0.305. The molecule has 4 aromatic rings. The first-order valence-corrected chi connectivity index (χ1v) is 12.2. The zero-order valence-corrected chi connectivity index (χ0v) is 20.5. The van der Waals surface area contributed by atoms with E-state index in [1.165, 1.54) is 12.1 Å². The van der Waals surface area contributed by atoms with Crippen molar-refractivity contribution >= 4 is 33.9 Å². The third-order valence-corrected chi connectivity index (χ3v) is 6.90. The number of halogens is 1. The number of methoxy groups -OCH3 is 1. The van der Waals surface area contributed by atoms with Gasteiger partial charge in [0, 0.05) is 22.5 Å². The van der Waals surface area contributed by atoms with Gasteiger partial charge in [-0.25, -0.2) is 9.37 Å². The Morgan fingerprint density at radius 1 is 1.12 bits per heavy atom. The summed E-state index contributed by atoms with van der Waals surface area (Å²) < 4.78 is 20.7. The first-order chi connectivity index (χ1) is 15.9. The van der Waals surface area contributed by atoms with E-state index >= 15 is 0 Å². The van der Waals surface area contributed by atoms with Crippen LogP contribution < -0.4 is 10.1 Å². The van der Waals surface area contributed by atoms with Gasteiger partial charge >= 0.3 is 0 Å². The summed E-state index contributed by atoms with van der Waals surface area (Å²) in [4.78, 5) is 6.75. The van der Waals surface area contributed by atoms with Gasteiger partial charge in [-0.2, -0.15) is 0 Å². The Morgan fingerprint density at radius 2 is 1.85 bits per heavy atom. The van der Waals surface area contributed by atoms with Crippen molar-refractivity contribution in [3.8, 4) is 11.4 Å². The van der Waals surface area contributed by atoms with Gasteiger partial charge in [-0.1, -0.05) is 11.8 Å². The van der Waals surface area contributed by atoms with Gasteiger partial charge in [0.15, 0.2) is 16.1 Å². The van der Waals surface area contributed by atoms with Crippen LogP contribution in [0.4, 0.5) is 15.2 Å². The number of hydrogen-bond acceptors (Lipinski definition) is 8. The number of nitrogens with zero attached hydrogens (tertiary/aromatic N) is 5. The minimum absolute atomic E-state index is 0.0384. The Balaban J connectivity index is 1.50. The standard InChI is InChI=1S/C23H25FN6OS2/c1-15(29(2)3)21-27-28-23(30(21)19-9-5-16(24)6-10-19)33-14-18-13-32-22(26-18)25-17-7-11-20(31-4)12-8-17/h5-13,15H,14H2,1-4H3,(H,25,26). The molecule has 7 nitrogen and oxygen atoms in total. The van der Waals surface area contributed by atoms with E-state index in [4.69, 9.17) is 4.74 Å². The molecular weight excluding hydrogens is 459 g/mol. The minimum atomic E-state index is -0.275. The molecular formula is C23H25FN6OS2. The second-order valence-corrected chi connectivity index (χ2v) is 9.38. The molecule has 1 N–H and O–H groups in total. The normalized spacial score (nSPS) is 12.2. The SMILES string of the molecule is COc1ccc(Nc2nc(CSc3nnc(C(C)N(C)C)n3-c3ccc(F)cc3)cs2)cc1. The molecule has 2 heterocycles. The molecule has 4 rings (SSSR count). The summed E-state index contributed by atoms with van der Waals surface area (Å²) in [5.74, 6) is 1.97. The molecule has 1 unspecified atom stereocenters. The molecule has 0 aliphatic heterocycles. The molecule has 0 aliphatic rings. The summed E-state index contributed by atoms with van der Waals surface area (Å²) in [6.07, 6.45) is 0. The number of nitrogens with one attached hydrogen (secondary N) is 1. The van der Waals surface area contributed by atoms with E-state index in [1.54, 1.807) is 42.3 Å². The van der Waals surface area contributed by atoms with Crippen LogP contribution in [0, 0.1) is 5.82 Å². The molecule has 0 radical (unpaired) electrons. The fourth-order valence-corrected chi connectivity index (χ4v) is 4.76. The van der Waals surface area contributed by atoms with Gasteiger partial charge < -0.3 is 10.1 Å². The molecule has 2 aromatic heterocycles. The van der Waals surface area contributed by atoms with Crippen LogP contribution in [0.5, 0.6) is 5.75 Å². The van der Waals surface area contributed by atoms with Gasteiger partial charge in [0.2, 0.25) is 0 Å².